The molecule has 2 aliphatic rings. The maximum Gasteiger partial charge on any atom is 0.251 e. The van der Waals surface area contributed by atoms with Gasteiger partial charge in [-0.1, -0.05) is 57.9 Å². The van der Waals surface area contributed by atoms with Gasteiger partial charge in [0.1, 0.15) is 5.75 Å². The summed E-state index contributed by atoms with van der Waals surface area (Å²) in [6, 6.07) is 22.7. The highest BCUT2D eigenvalue weighted by molar-refractivity contribution is 9.10. The third-order valence-corrected chi connectivity index (χ3v) is 5.96. The molecule has 0 saturated heterocycles. The van der Waals surface area contributed by atoms with Crippen LogP contribution in [0.4, 0.5) is 0 Å². The lowest BCUT2D eigenvalue weighted by atomic mass is 9.96. The molecule has 0 spiro atoms. The molecule has 0 aromatic heterocycles. The summed E-state index contributed by atoms with van der Waals surface area (Å²) in [5, 5.41) is 7.20. The first-order chi connectivity index (χ1) is 14.1. The summed E-state index contributed by atoms with van der Waals surface area (Å²) in [4.78, 5) is 13.3. The van der Waals surface area contributed by atoms with Gasteiger partial charge in [0.25, 0.3) is 6.23 Å². The van der Waals surface area contributed by atoms with Gasteiger partial charge in [-0.25, -0.2) is 5.01 Å². The second-order valence-corrected chi connectivity index (χ2v) is 8.39. The van der Waals surface area contributed by atoms with Gasteiger partial charge in [-0.3, -0.25) is 4.79 Å². The van der Waals surface area contributed by atoms with Gasteiger partial charge in [-0.2, -0.15) is 5.10 Å². The molecule has 0 amide bonds. The molecule has 0 unspecified atom stereocenters. The van der Waals surface area contributed by atoms with Gasteiger partial charge in [-0.05, 0) is 48.0 Å². The van der Waals surface area contributed by atoms with E-state index < -0.39 is 6.23 Å². The van der Waals surface area contributed by atoms with Crippen molar-refractivity contribution in [3.05, 3.63) is 99.0 Å². The summed E-state index contributed by atoms with van der Waals surface area (Å²) < 4.78 is 7.11. The van der Waals surface area contributed by atoms with Crippen LogP contribution in [0.15, 0.2) is 82.4 Å². The number of carbonyl (C=O) groups is 1. The molecule has 6 heteroatoms. The van der Waals surface area contributed by atoms with Crippen molar-refractivity contribution < 1.29 is 9.53 Å². The normalized spacial score (nSPS) is 19.8. The maximum atomic E-state index is 13.3. The lowest BCUT2D eigenvalue weighted by Crippen LogP contribution is -2.45. The van der Waals surface area contributed by atoms with Gasteiger partial charge >= 0.3 is 0 Å². The standard InChI is InChI=1S/C23H16BrClN2O2/c24-16-8-11-21-18(12-16)20-13-19(14-4-2-1-3-5-14)26-27(20)23(29-21)22(28)15-6-9-17(25)10-7-15/h1-12,20,23H,13H2/t20-,23-/m0/s1. The van der Waals surface area contributed by atoms with E-state index in [1.54, 1.807) is 29.3 Å². The minimum atomic E-state index is -0.823. The Hall–Kier alpha value is -2.63. The molecule has 3 aromatic carbocycles. The Labute approximate surface area is 181 Å². The minimum Gasteiger partial charge on any atom is -0.461 e. The van der Waals surface area contributed by atoms with Gasteiger partial charge in [0.15, 0.2) is 0 Å². The Kier molecular flexibility index (Phi) is 4.64. The molecular formula is C23H16BrClN2O2. The molecule has 0 aliphatic carbocycles. The fourth-order valence-electron chi connectivity index (χ4n) is 3.79. The predicted octanol–water partition coefficient (Wildman–Crippen LogP) is 5.86. The number of halogens is 2. The number of Topliss-reactive ketones (excluding diaryl/α,β-unsaturated/α-hetero) is 1. The Bertz CT molecular complexity index is 1120. The summed E-state index contributed by atoms with van der Waals surface area (Å²) in [6.07, 6.45) is -0.114. The Morgan fingerprint density at radius 1 is 1.07 bits per heavy atom. The average Bonchev–Trinajstić information content (AvgIpc) is 3.20. The Balaban J connectivity index is 1.57. The molecule has 2 atom stereocenters. The molecule has 29 heavy (non-hydrogen) atoms. The first-order valence-electron chi connectivity index (χ1n) is 9.27. The summed E-state index contributed by atoms with van der Waals surface area (Å²) in [5.74, 6) is 0.574. The molecule has 4 nitrogen and oxygen atoms in total. The van der Waals surface area contributed by atoms with E-state index in [4.69, 9.17) is 21.4 Å². The zero-order valence-electron chi connectivity index (χ0n) is 15.3. The van der Waals surface area contributed by atoms with Gasteiger partial charge in [0.05, 0.1) is 11.8 Å². The van der Waals surface area contributed by atoms with Crippen LogP contribution in [0.3, 0.4) is 0 Å². The van der Waals surface area contributed by atoms with Crippen molar-refractivity contribution in [2.45, 2.75) is 18.7 Å². The molecule has 0 bridgehead atoms. The topological polar surface area (TPSA) is 41.9 Å². The van der Waals surface area contributed by atoms with E-state index in [0.29, 0.717) is 22.8 Å². The van der Waals surface area contributed by atoms with Gasteiger partial charge < -0.3 is 4.74 Å². The van der Waals surface area contributed by atoms with Crippen LogP contribution in [-0.2, 0) is 0 Å². The second-order valence-electron chi connectivity index (χ2n) is 7.04. The molecule has 144 valence electrons. The van der Waals surface area contributed by atoms with E-state index in [0.717, 1.165) is 21.3 Å². The second kappa shape index (κ2) is 7.32. The highest BCUT2D eigenvalue weighted by atomic mass is 79.9. The van der Waals surface area contributed by atoms with Gasteiger partial charge in [-0.15, -0.1) is 0 Å². The number of ether oxygens (including phenoxy) is 1. The number of rotatable bonds is 3. The van der Waals surface area contributed by atoms with Crippen molar-refractivity contribution in [3.8, 4) is 5.75 Å². The zero-order valence-corrected chi connectivity index (χ0v) is 17.6. The van der Waals surface area contributed by atoms with Crippen LogP contribution in [0.5, 0.6) is 5.75 Å². The summed E-state index contributed by atoms with van der Waals surface area (Å²) in [6.45, 7) is 0. The highest BCUT2D eigenvalue weighted by Gasteiger charge is 2.43. The fraction of sp³-hybridized carbons (Fsp3) is 0.130. The van der Waals surface area contributed by atoms with Crippen molar-refractivity contribution in [1.82, 2.24) is 5.01 Å². The van der Waals surface area contributed by atoms with Crippen LogP contribution in [0.25, 0.3) is 0 Å². The van der Waals surface area contributed by atoms with Crippen molar-refractivity contribution >= 4 is 39.0 Å². The molecule has 5 rings (SSSR count). The molecule has 0 N–H and O–H groups in total. The molecule has 2 aliphatic heterocycles. The number of benzene rings is 3. The first-order valence-corrected chi connectivity index (χ1v) is 10.4. The van der Waals surface area contributed by atoms with E-state index in [1.807, 2.05) is 48.5 Å². The lowest BCUT2D eigenvalue weighted by molar-refractivity contribution is -0.00459. The Morgan fingerprint density at radius 2 is 1.83 bits per heavy atom. The third kappa shape index (κ3) is 3.34. The summed E-state index contributed by atoms with van der Waals surface area (Å²) >= 11 is 9.52. The van der Waals surface area contributed by atoms with Crippen LogP contribution in [-0.4, -0.2) is 22.7 Å². The largest absolute Gasteiger partial charge is 0.461 e. The van der Waals surface area contributed by atoms with E-state index in [1.165, 1.54) is 0 Å². The maximum absolute atomic E-state index is 13.3. The van der Waals surface area contributed by atoms with Crippen molar-refractivity contribution in [2.24, 2.45) is 5.10 Å². The fourth-order valence-corrected chi connectivity index (χ4v) is 4.30. The van der Waals surface area contributed by atoms with Crippen LogP contribution < -0.4 is 4.74 Å². The smallest absolute Gasteiger partial charge is 0.251 e. The quantitative estimate of drug-likeness (QED) is 0.453. The molecule has 2 heterocycles. The minimum absolute atomic E-state index is 0.0623. The van der Waals surface area contributed by atoms with E-state index in [2.05, 4.69) is 15.9 Å². The molecular weight excluding hydrogens is 452 g/mol. The lowest BCUT2D eigenvalue weighted by Gasteiger charge is -2.37. The van der Waals surface area contributed by atoms with Crippen molar-refractivity contribution in [2.75, 3.05) is 0 Å². The number of hydrazone groups is 1. The van der Waals surface area contributed by atoms with Crippen LogP contribution in [0, 0.1) is 0 Å². The van der Waals surface area contributed by atoms with E-state index in [9.17, 15) is 4.79 Å². The van der Waals surface area contributed by atoms with Gasteiger partial charge in [0.2, 0.25) is 5.78 Å². The monoisotopic (exact) mass is 466 g/mol. The Morgan fingerprint density at radius 3 is 2.59 bits per heavy atom. The first kappa shape index (κ1) is 18.4. The van der Waals surface area contributed by atoms with Gasteiger partial charge in [0, 0.05) is 27.0 Å². The van der Waals surface area contributed by atoms with Crippen molar-refractivity contribution in [1.29, 1.82) is 0 Å². The number of nitrogens with zero attached hydrogens (tertiary/aromatic N) is 2. The number of fused-ring (bicyclic) bond motifs is 3. The SMILES string of the molecule is O=C(c1ccc(Cl)cc1)[C@@H]1Oc2ccc(Br)cc2[C@@H]2CC(c3ccccc3)=NN12. The predicted molar refractivity (Wildman–Crippen MR) is 117 cm³/mol. The number of carbonyl (C=O) groups excluding carboxylic acids is 1. The zero-order chi connectivity index (χ0) is 20.0. The molecule has 0 fully saturated rings. The molecule has 0 radical (unpaired) electrons. The number of ketones is 1. The number of hydrogen-bond acceptors (Lipinski definition) is 4. The number of hydrogen-bond donors (Lipinski definition) is 0. The summed E-state index contributed by atoms with van der Waals surface area (Å²) in [7, 11) is 0. The van der Waals surface area contributed by atoms with E-state index in [-0.39, 0.29) is 11.8 Å². The van der Waals surface area contributed by atoms with E-state index >= 15 is 0 Å². The van der Waals surface area contributed by atoms with Crippen LogP contribution in [0.1, 0.15) is 33.9 Å². The van der Waals surface area contributed by atoms with Crippen LogP contribution >= 0.6 is 27.5 Å². The van der Waals surface area contributed by atoms with Crippen LogP contribution in [0.2, 0.25) is 5.02 Å². The summed E-state index contributed by atoms with van der Waals surface area (Å²) in [5.41, 5.74) is 3.56. The average molecular weight is 468 g/mol. The molecule has 3 aromatic rings. The van der Waals surface area contributed by atoms with Crippen molar-refractivity contribution in [3.63, 3.8) is 0 Å². The molecule has 0 saturated carbocycles. The third-order valence-electron chi connectivity index (χ3n) is 5.21. The highest BCUT2D eigenvalue weighted by Crippen LogP contribution is 2.44.